The van der Waals surface area contributed by atoms with Crippen LogP contribution >= 0.6 is 47.4 Å². The summed E-state index contributed by atoms with van der Waals surface area (Å²) in [6, 6.07) is 0. The van der Waals surface area contributed by atoms with E-state index in [4.69, 9.17) is 13.6 Å². The molecule has 3 unspecified atom stereocenters. The molecule has 0 radical (unpaired) electrons. The maximum atomic E-state index is 20.2. The zero-order valence-electron chi connectivity index (χ0n) is 97.4. The molecule has 0 aromatic carbocycles. The van der Waals surface area contributed by atoms with Crippen LogP contribution in [-0.4, -0.2) is 182 Å². The fourth-order valence-corrected chi connectivity index (χ4v) is 114. The van der Waals surface area contributed by atoms with E-state index >= 15 is 4.57 Å². The van der Waals surface area contributed by atoms with Gasteiger partial charge in [0.15, 0.2) is 0 Å². The average molecular weight is 1990 g/mol. The summed E-state index contributed by atoms with van der Waals surface area (Å²) >= 11 is 0. The molecule has 0 fully saturated rings. The number of hydrogen-bond donors (Lipinski definition) is 0. The third-order valence-corrected chi connectivity index (χ3v) is 105. The van der Waals surface area contributed by atoms with Crippen LogP contribution in [0.25, 0.3) is 0 Å². The van der Waals surface area contributed by atoms with Crippen LogP contribution in [0.5, 0.6) is 0 Å². The van der Waals surface area contributed by atoms with Gasteiger partial charge in [0, 0.05) is 0 Å². The van der Waals surface area contributed by atoms with Crippen LogP contribution < -0.4 is 0 Å². The predicted molar refractivity (Wildman–Crippen MR) is 636 cm³/mol. The van der Waals surface area contributed by atoms with E-state index in [0.717, 1.165) is 0 Å². The van der Waals surface area contributed by atoms with E-state index in [0.29, 0.717) is 19.8 Å². The van der Waals surface area contributed by atoms with E-state index in [1.54, 1.807) is 0 Å². The van der Waals surface area contributed by atoms with E-state index in [-0.39, 0.29) is 32.4 Å². The minimum atomic E-state index is -4.55. The van der Waals surface area contributed by atoms with Gasteiger partial charge in [-0.1, -0.05) is 0 Å². The number of phosphoric ester groups is 1. The molecule has 3 atom stereocenters. The molecule has 0 N–H and O–H groups in total. The first-order chi connectivity index (χ1) is 62.9. The van der Waals surface area contributed by atoms with E-state index in [2.05, 4.69) is 208 Å². The first-order valence-corrected chi connectivity index (χ1v) is 80.8. The van der Waals surface area contributed by atoms with Crippen LogP contribution in [0, 0.1) is 17.8 Å². The summed E-state index contributed by atoms with van der Waals surface area (Å²) in [5, 5.41) is 0. The summed E-state index contributed by atoms with van der Waals surface area (Å²) in [4.78, 5) is 0.198. The molecule has 4 nitrogen and oxygen atoms in total. The molecule has 0 aliphatic rings. The van der Waals surface area contributed by atoms with Crippen LogP contribution in [0.1, 0.15) is 574 Å². The predicted octanol–water partition coefficient (Wildman–Crippen LogP) is 44.2. The fourth-order valence-electron chi connectivity index (χ4n) is 32.2. The van der Waals surface area contributed by atoms with Crippen LogP contribution in [0.3, 0.4) is 0 Å². The quantitative estimate of drug-likeness (QED) is 0.0569. The van der Waals surface area contributed by atoms with Gasteiger partial charge >= 0.3 is 839 Å². The van der Waals surface area contributed by atoms with Crippen molar-refractivity contribution in [2.45, 2.75) is 588 Å². The van der Waals surface area contributed by atoms with Gasteiger partial charge in [0.25, 0.3) is 0 Å². The molecule has 0 amide bonds. The molecule has 0 aliphatic carbocycles. The second kappa shape index (κ2) is 68.9. The van der Waals surface area contributed by atoms with Crippen molar-refractivity contribution in [1.82, 2.24) is 0 Å². The summed E-state index contributed by atoms with van der Waals surface area (Å²) in [6.45, 7) is 63.4. The molecule has 0 aromatic rings. The van der Waals surface area contributed by atoms with Gasteiger partial charge in [0.1, 0.15) is 0 Å². The Labute approximate surface area is 833 Å². The zero-order valence-corrected chi connectivity index (χ0v) is 104. The van der Waals surface area contributed by atoms with E-state index in [9.17, 15) is 0 Å². The van der Waals surface area contributed by atoms with E-state index < -0.39 is 47.4 Å². The summed E-state index contributed by atoms with van der Waals surface area (Å²) < 4.78 is 47.1. The van der Waals surface area contributed by atoms with Gasteiger partial charge in [0.2, 0.25) is 0 Å². The van der Waals surface area contributed by atoms with E-state index in [1.807, 2.05) is 0 Å². The number of hydrogen-bond acceptors (Lipinski definition) is 4. The maximum absolute atomic E-state index is 20.2. The standard InChI is InChI=1S/C120H261O4P7/c1-31-58-85-115(118(28,126(88-61-34-4,89-62-35-5,90-63-36-6)91-64-37-7)127(92-65-38-8,93-66-39-9,94-67-40-10)95-68-41-11)112-122-125(121,123-113-116(86-59-32-2)119(29,128(96-69-42-12,97-70-43-13,98-71-44-14)99-72-45-15)129(100-73-46-16,101-74-47-17,102-75-48-18)103-76-49-19)124-114-117(87-60-33-3)120(30,130(104-77-50-20,105-78-51-21,106-79-52-22)107-80-53-23)131(108-81-54-24,109-82-55-25,110-83-56-26)111-84-57-27/h115-117H,31-114H2,1-30H3. The third-order valence-electron chi connectivity index (χ3n) is 40.4. The second-order valence-corrected chi connectivity index (χ2v) is 90.6. The number of rotatable bonds is 99. The molecule has 800 valence electrons. The van der Waals surface area contributed by atoms with Crippen molar-refractivity contribution in [3.63, 3.8) is 0 Å². The SMILES string of the molecule is CCCCC(COP(=O)(OCC(CCCC)C(C)(P(CCCC)(CCCC)(CCCC)CCCC)P(CCCC)(CCCC)(CCCC)CCCC)OCC(CCCC)C(C)(P(CCCC)(CCCC)(CCCC)CCCC)P(CCCC)(CCCC)(CCCC)CCCC)C(C)(P(CCCC)(CCCC)(CCCC)CCCC)P(CCCC)(CCCC)(CCCC)CCCC. The molecule has 0 bridgehead atoms. The molecule has 131 heavy (non-hydrogen) atoms. The molecular formula is C120H261O4P7. The number of unbranched alkanes of at least 4 members (excludes halogenated alkanes) is 27. The van der Waals surface area contributed by atoms with Crippen molar-refractivity contribution < 1.29 is 18.1 Å². The Balaban J connectivity index is 13.1. The molecule has 0 rings (SSSR count). The first kappa shape index (κ1) is 134. The van der Waals surface area contributed by atoms with Crippen LogP contribution in [0.4, 0.5) is 0 Å². The molecule has 0 aliphatic heterocycles. The fraction of sp³-hybridized carbons (Fsp3) is 1.00. The van der Waals surface area contributed by atoms with E-state index in [1.165, 1.54) is 514 Å². The minimum absolute atomic E-state index is 0.0659. The van der Waals surface area contributed by atoms with Gasteiger partial charge in [-0.25, -0.2) is 0 Å². The zero-order chi connectivity index (χ0) is 98.9. The molecule has 0 saturated heterocycles. The molecule has 0 spiro atoms. The molecule has 0 aromatic heterocycles. The Morgan fingerprint density at radius 1 is 0.160 bits per heavy atom. The Kier molecular flexibility index (Phi) is 70.4. The van der Waals surface area contributed by atoms with Crippen LogP contribution in [0.2, 0.25) is 0 Å². The number of phosphoric acid groups is 1. The molecular weight excluding hydrogens is 1720 g/mol. The Bertz CT molecular complexity index is 2110. The average Bonchev–Trinajstić information content (AvgIpc) is 0.665. The Hall–Kier alpha value is 2.69. The van der Waals surface area contributed by atoms with Crippen LogP contribution in [-0.2, 0) is 18.1 Å². The molecule has 11 heteroatoms. The van der Waals surface area contributed by atoms with Crippen molar-refractivity contribution in [3.05, 3.63) is 0 Å². The molecule has 0 heterocycles. The van der Waals surface area contributed by atoms with Gasteiger partial charge < -0.3 is 0 Å². The van der Waals surface area contributed by atoms with Crippen LogP contribution in [0.15, 0.2) is 0 Å². The van der Waals surface area contributed by atoms with Gasteiger partial charge in [-0.15, -0.1) is 0 Å². The second-order valence-electron chi connectivity index (χ2n) is 47.8. The van der Waals surface area contributed by atoms with Crippen molar-refractivity contribution >= 4 is 47.4 Å². The van der Waals surface area contributed by atoms with Crippen molar-refractivity contribution in [2.24, 2.45) is 17.8 Å². The van der Waals surface area contributed by atoms with Gasteiger partial charge in [0.05, 0.1) is 0 Å². The topological polar surface area (TPSA) is 44.8 Å². The summed E-state index contributed by atoms with van der Waals surface area (Å²) in [7, 11) is -4.55. The van der Waals surface area contributed by atoms with Crippen molar-refractivity contribution in [2.75, 3.05) is 168 Å². The van der Waals surface area contributed by atoms with Crippen molar-refractivity contribution in [1.29, 1.82) is 0 Å². The van der Waals surface area contributed by atoms with Gasteiger partial charge in [-0.2, -0.15) is 0 Å². The molecule has 0 saturated carbocycles. The van der Waals surface area contributed by atoms with Crippen molar-refractivity contribution in [3.8, 4) is 0 Å². The third kappa shape index (κ3) is 31.9. The summed E-state index contributed by atoms with van der Waals surface area (Å²) in [5.41, 5.74) is 0. The summed E-state index contributed by atoms with van der Waals surface area (Å²) in [6.07, 6.45) is 109. The van der Waals surface area contributed by atoms with Gasteiger partial charge in [-0.3, -0.25) is 0 Å². The monoisotopic (exact) mass is 1980 g/mol. The summed E-state index contributed by atoms with van der Waals surface area (Å²) in [5.74, 6) is 0.782. The Morgan fingerprint density at radius 2 is 0.244 bits per heavy atom. The van der Waals surface area contributed by atoms with Gasteiger partial charge in [-0.05, 0) is 0 Å². The normalized spacial score (nSPS) is 17.4. The Morgan fingerprint density at radius 3 is 0.321 bits per heavy atom. The first-order valence-electron chi connectivity index (χ1n) is 61.4.